The highest BCUT2D eigenvalue weighted by Gasteiger charge is 1.81. The zero-order valence-corrected chi connectivity index (χ0v) is 16.0. The third-order valence-corrected chi connectivity index (χ3v) is 0.348. The average molecular weight is 434 g/mol. The van der Waals surface area contributed by atoms with E-state index in [1.54, 1.807) is 33.8 Å². The van der Waals surface area contributed by atoms with Gasteiger partial charge in [0.15, 0.2) is 0 Å². The van der Waals surface area contributed by atoms with Crippen LogP contribution in [0.3, 0.4) is 0 Å². The van der Waals surface area contributed by atoms with E-state index in [-0.39, 0.29) is 69.0 Å². The van der Waals surface area contributed by atoms with Gasteiger partial charge in [0.05, 0.1) is 12.7 Å². The summed E-state index contributed by atoms with van der Waals surface area (Å²) in [4.78, 5) is 28.1. The van der Waals surface area contributed by atoms with Crippen LogP contribution in [0.5, 0.6) is 0 Å². The van der Waals surface area contributed by atoms with Crippen molar-refractivity contribution in [3.63, 3.8) is 0 Å². The first kappa shape index (κ1) is 80.8. The van der Waals surface area contributed by atoms with Gasteiger partial charge in [0, 0.05) is 26.6 Å². The molecule has 0 aromatic heterocycles. The van der Waals surface area contributed by atoms with E-state index in [4.69, 9.17) is 20.3 Å². The summed E-state index contributed by atoms with van der Waals surface area (Å²) in [6.07, 6.45) is 0.583. The summed E-state index contributed by atoms with van der Waals surface area (Å²) < 4.78 is 4.40. The van der Waals surface area contributed by atoms with Gasteiger partial charge in [-0.3, -0.25) is 4.79 Å². The minimum atomic E-state index is -0.211. The maximum Gasteiger partial charge on any atom is 0.302 e. The zero-order valence-electron chi connectivity index (χ0n) is 16.0. The number of nitriles is 1. The van der Waals surface area contributed by atoms with Crippen LogP contribution in [0.4, 0.5) is 0 Å². The molecule has 0 aliphatic rings. The van der Waals surface area contributed by atoms with Gasteiger partial charge < -0.3 is 24.5 Å². The van der Waals surface area contributed by atoms with E-state index < -0.39 is 0 Å². The third kappa shape index (κ3) is 10300. The number of carbonyl (C=O) groups is 3. The molecule has 0 saturated heterocycles. The Morgan fingerprint density at radius 3 is 1.10 bits per heavy atom. The Labute approximate surface area is 185 Å². The monoisotopic (exact) mass is 433 g/mol. The number of ketones is 1. The van der Waals surface area contributed by atoms with Crippen molar-refractivity contribution in [1.29, 1.82) is 5.26 Å². The van der Waals surface area contributed by atoms with Crippen LogP contribution in [0.2, 0.25) is 0 Å². The minimum Gasteiger partial charge on any atom is -0.466 e. The van der Waals surface area contributed by atoms with Crippen molar-refractivity contribution < 1.29 is 29.3 Å². The van der Waals surface area contributed by atoms with Crippen molar-refractivity contribution >= 4 is 18.0 Å². The number of hydrogen-bond donors (Lipinski definition) is 2. The van der Waals surface area contributed by atoms with E-state index in [1.165, 1.54) is 34.6 Å². The van der Waals surface area contributed by atoms with Gasteiger partial charge in [-0.25, -0.2) is 0 Å². The van der Waals surface area contributed by atoms with Crippen LogP contribution in [0.25, 0.3) is 0 Å². The fourth-order valence-electron chi connectivity index (χ4n) is 0.203. The number of Topliss-reactive ketones (excluding diaryl/α,β-unsaturated/α-hetero) is 1. The van der Waals surface area contributed by atoms with E-state index in [0.29, 0.717) is 6.61 Å². The van der Waals surface area contributed by atoms with Gasteiger partial charge in [0.1, 0.15) is 12.1 Å². The molecule has 0 atom stereocenters. The van der Waals surface area contributed by atoms with Crippen molar-refractivity contribution in [2.75, 3.05) is 13.2 Å². The van der Waals surface area contributed by atoms with Gasteiger partial charge in [-0.05, 0) is 48.5 Å². The molecule has 2 N–H and O–H groups in total. The van der Waals surface area contributed by atoms with Crippen molar-refractivity contribution in [1.82, 2.24) is 0 Å². The lowest BCUT2D eigenvalue weighted by Crippen LogP contribution is -1.95. The Hall–Kier alpha value is -1.78. The van der Waals surface area contributed by atoms with E-state index in [2.05, 4.69) is 4.74 Å². The molecule has 7 nitrogen and oxygen atoms in total. The fourth-order valence-corrected chi connectivity index (χ4v) is 0.203. The molecule has 0 aromatic carbocycles. The third-order valence-electron chi connectivity index (χ3n) is 0.348. The van der Waals surface area contributed by atoms with Crippen LogP contribution in [0.1, 0.15) is 107 Å². The summed E-state index contributed by atoms with van der Waals surface area (Å²) in [6, 6.07) is 1.75. The first-order chi connectivity index (χ1) is 10.5. The molecule has 0 aliphatic heterocycles. The summed E-state index contributed by atoms with van der Waals surface area (Å²) in [6.45, 7) is 15.0. The minimum absolute atomic E-state index is 0. The molecule has 0 amide bonds. The second-order valence-electron chi connectivity index (χ2n) is 3.70. The number of ether oxygens (including phenoxy) is 1. The van der Waals surface area contributed by atoms with Gasteiger partial charge in [-0.1, -0.05) is 44.6 Å². The zero-order chi connectivity index (χ0) is 20.3. The summed E-state index contributed by atoms with van der Waals surface area (Å²) in [5.74, 6) is -0.0440. The number of hydrogen-bond acceptors (Lipinski definition) is 7. The molecule has 0 aliphatic carbocycles. The molecule has 0 fully saturated rings. The summed E-state index contributed by atoms with van der Waals surface area (Å²) in [7, 11) is 0. The van der Waals surface area contributed by atoms with Crippen molar-refractivity contribution in [3.05, 3.63) is 0 Å². The first-order valence-corrected chi connectivity index (χ1v) is 7.08. The lowest BCUT2D eigenvalue weighted by molar-refractivity contribution is -0.140. The van der Waals surface area contributed by atoms with Crippen LogP contribution < -0.4 is 0 Å². The average Bonchev–Trinajstić information content (AvgIpc) is 2.29. The van der Waals surface area contributed by atoms with Crippen molar-refractivity contribution in [2.24, 2.45) is 0 Å². The van der Waals surface area contributed by atoms with E-state index in [1.807, 2.05) is 0 Å². The highest BCUT2D eigenvalue weighted by Crippen LogP contribution is 1.69. The van der Waals surface area contributed by atoms with E-state index >= 15 is 0 Å². The first-order valence-electron chi connectivity index (χ1n) is 7.08. The Balaban J connectivity index is -0.0000000117. The maximum absolute atomic E-state index is 9.82. The normalized spacial score (nSPS) is 5.07. The molecule has 188 valence electrons. The second kappa shape index (κ2) is 112. The highest BCUT2D eigenvalue weighted by atomic mass is 16.5. The molecular formula is C22H59NO6. The van der Waals surface area contributed by atoms with Crippen LogP contribution >= 0.6 is 0 Å². The SMILES string of the molecule is C.C.C.C.C.C.CC#N.CC(C)=O.CC(C)O.CC=O.CCO.CCOC(C)=O. The van der Waals surface area contributed by atoms with Crippen LogP contribution in [-0.2, 0) is 19.1 Å². The molecule has 7 heteroatoms. The van der Waals surface area contributed by atoms with E-state index in [0.717, 1.165) is 6.29 Å². The quantitative estimate of drug-likeness (QED) is 0.378. The Kier molecular flexibility index (Phi) is 311. The standard InChI is InChI=1S/C4H8O2.C3H8O.C3H6O.C2H3N.C2H6O.C2H4O.6CH4/c1-3-6-4(2)5;2*1-3(2)4;3*1-2-3;;;;;;/h3H2,1-2H3;3-4H,1-2H3;1-2H3;1H3;3H,2H2,1H3;2H,1H3;6*1H4. The predicted octanol–water partition coefficient (Wildman–Crippen LogP) is 6.10. The molecule has 0 heterocycles. The van der Waals surface area contributed by atoms with E-state index in [9.17, 15) is 9.59 Å². The summed E-state index contributed by atoms with van der Waals surface area (Å²) >= 11 is 0. The molecule has 0 rings (SSSR count). The largest absolute Gasteiger partial charge is 0.466 e. The van der Waals surface area contributed by atoms with Crippen molar-refractivity contribution in [2.45, 2.75) is 113 Å². The number of aldehydes is 1. The predicted molar refractivity (Wildman–Crippen MR) is 132 cm³/mol. The number of aliphatic hydroxyl groups is 2. The number of nitrogens with zero attached hydrogens (tertiary/aromatic N) is 1. The molecule has 29 heavy (non-hydrogen) atoms. The molecule has 0 unspecified atom stereocenters. The van der Waals surface area contributed by atoms with Gasteiger partial charge >= 0.3 is 5.97 Å². The van der Waals surface area contributed by atoms with Gasteiger partial charge in [0.25, 0.3) is 0 Å². The Morgan fingerprint density at radius 1 is 1.00 bits per heavy atom. The van der Waals surface area contributed by atoms with Gasteiger partial charge in [-0.2, -0.15) is 5.26 Å². The lowest BCUT2D eigenvalue weighted by atomic mass is 10.5. The summed E-state index contributed by atoms with van der Waals surface area (Å²) in [5, 5.41) is 22.9. The number of esters is 1. The van der Waals surface area contributed by atoms with Crippen LogP contribution in [-0.4, -0.2) is 47.6 Å². The molecular weight excluding hydrogens is 374 g/mol. The topological polar surface area (TPSA) is 125 Å². The molecule has 0 bridgehead atoms. The van der Waals surface area contributed by atoms with Crippen LogP contribution in [0, 0.1) is 11.3 Å². The molecule has 0 aromatic rings. The van der Waals surface area contributed by atoms with Crippen LogP contribution in [0.15, 0.2) is 0 Å². The second-order valence-corrected chi connectivity index (χ2v) is 3.70. The fraction of sp³-hybridized carbons (Fsp3) is 0.818. The summed E-state index contributed by atoms with van der Waals surface area (Å²) in [5.41, 5.74) is 0. The molecule has 0 spiro atoms. The van der Waals surface area contributed by atoms with Gasteiger partial charge in [0.2, 0.25) is 0 Å². The highest BCUT2D eigenvalue weighted by molar-refractivity contribution is 5.72. The molecule has 0 saturated carbocycles. The molecule has 0 radical (unpaired) electrons. The smallest absolute Gasteiger partial charge is 0.302 e. The Bertz CT molecular complexity index is 256. The number of rotatable bonds is 1. The number of carbonyl (C=O) groups excluding carboxylic acids is 3. The van der Waals surface area contributed by atoms with Gasteiger partial charge in [-0.15, -0.1) is 0 Å². The number of aliphatic hydroxyl groups excluding tert-OH is 2. The van der Waals surface area contributed by atoms with Crippen molar-refractivity contribution in [3.8, 4) is 6.07 Å². The lowest BCUT2D eigenvalue weighted by Gasteiger charge is -1.89. The maximum atomic E-state index is 9.82. The Morgan fingerprint density at radius 2 is 1.10 bits per heavy atom.